The standard InChI is InChI=1S/C21H28N4O2/c1-24-21(27)17-9-3-2-8-16(17)18(23-24)13-20(26)22-14-15-7-6-12-25-11-5-4-10-19(15)25/h2-3,8-9,15,19H,4-7,10-14H2,1H3,(H,22,26)/t15-,19-/m1/s1. The molecule has 4 rings (SSSR count). The Balaban J connectivity index is 1.43. The summed E-state index contributed by atoms with van der Waals surface area (Å²) in [6, 6.07) is 8.01. The van der Waals surface area contributed by atoms with Gasteiger partial charge >= 0.3 is 0 Å². The lowest BCUT2D eigenvalue weighted by Crippen LogP contribution is -2.51. The number of hydrogen-bond acceptors (Lipinski definition) is 4. The fourth-order valence-corrected chi connectivity index (χ4v) is 4.78. The molecule has 2 aromatic rings. The van der Waals surface area contributed by atoms with E-state index in [-0.39, 0.29) is 17.9 Å². The average Bonchev–Trinajstić information content (AvgIpc) is 2.70. The Morgan fingerprint density at radius 3 is 2.78 bits per heavy atom. The van der Waals surface area contributed by atoms with E-state index in [1.807, 2.05) is 18.2 Å². The molecule has 0 bridgehead atoms. The molecule has 0 spiro atoms. The van der Waals surface area contributed by atoms with Gasteiger partial charge in [0.25, 0.3) is 5.56 Å². The Hall–Kier alpha value is -2.21. The van der Waals surface area contributed by atoms with Crippen LogP contribution in [0.4, 0.5) is 0 Å². The van der Waals surface area contributed by atoms with Crippen molar-refractivity contribution in [1.29, 1.82) is 0 Å². The van der Waals surface area contributed by atoms with Crippen LogP contribution in [-0.2, 0) is 18.3 Å². The number of benzene rings is 1. The van der Waals surface area contributed by atoms with Crippen LogP contribution >= 0.6 is 0 Å². The summed E-state index contributed by atoms with van der Waals surface area (Å²) in [6.45, 7) is 3.16. The van der Waals surface area contributed by atoms with E-state index in [9.17, 15) is 9.59 Å². The first-order valence-electron chi connectivity index (χ1n) is 10.1. The summed E-state index contributed by atoms with van der Waals surface area (Å²) in [7, 11) is 1.63. The SMILES string of the molecule is Cn1nc(CC(=O)NC[C@H]2CCCN3CCCC[C@H]23)c2ccccc2c1=O. The fourth-order valence-electron chi connectivity index (χ4n) is 4.78. The molecule has 2 saturated heterocycles. The minimum Gasteiger partial charge on any atom is -0.355 e. The van der Waals surface area contributed by atoms with Crippen LogP contribution in [0.25, 0.3) is 10.8 Å². The van der Waals surface area contributed by atoms with Gasteiger partial charge in [0.2, 0.25) is 5.91 Å². The number of fused-ring (bicyclic) bond motifs is 2. The average molecular weight is 368 g/mol. The summed E-state index contributed by atoms with van der Waals surface area (Å²) in [5.74, 6) is 0.534. The van der Waals surface area contributed by atoms with Crippen molar-refractivity contribution in [3.8, 4) is 0 Å². The number of rotatable bonds is 4. The van der Waals surface area contributed by atoms with E-state index >= 15 is 0 Å². The maximum Gasteiger partial charge on any atom is 0.274 e. The molecule has 0 radical (unpaired) electrons. The highest BCUT2D eigenvalue weighted by atomic mass is 16.1. The lowest BCUT2D eigenvalue weighted by Gasteiger charge is -2.44. The highest BCUT2D eigenvalue weighted by Gasteiger charge is 2.32. The Bertz CT molecular complexity index is 889. The fraction of sp³-hybridized carbons (Fsp3) is 0.571. The van der Waals surface area contributed by atoms with Crippen LogP contribution in [0.2, 0.25) is 0 Å². The van der Waals surface area contributed by atoms with Crippen molar-refractivity contribution in [1.82, 2.24) is 20.0 Å². The predicted octanol–water partition coefficient (Wildman–Crippen LogP) is 1.86. The third-order valence-electron chi connectivity index (χ3n) is 6.15. The highest BCUT2D eigenvalue weighted by molar-refractivity contribution is 5.88. The van der Waals surface area contributed by atoms with Gasteiger partial charge in [0.05, 0.1) is 17.5 Å². The monoisotopic (exact) mass is 368 g/mol. The first-order valence-corrected chi connectivity index (χ1v) is 10.1. The van der Waals surface area contributed by atoms with Crippen LogP contribution in [0, 0.1) is 5.92 Å². The zero-order valence-corrected chi connectivity index (χ0v) is 16.0. The number of aromatic nitrogens is 2. The van der Waals surface area contributed by atoms with E-state index in [2.05, 4.69) is 15.3 Å². The molecule has 144 valence electrons. The lowest BCUT2D eigenvalue weighted by atomic mass is 9.83. The number of carbonyl (C=O) groups is 1. The van der Waals surface area contributed by atoms with Crippen LogP contribution in [0.15, 0.2) is 29.1 Å². The molecule has 2 aliphatic rings. The van der Waals surface area contributed by atoms with Crippen molar-refractivity contribution in [2.75, 3.05) is 19.6 Å². The summed E-state index contributed by atoms with van der Waals surface area (Å²) in [4.78, 5) is 27.4. The van der Waals surface area contributed by atoms with Crippen LogP contribution < -0.4 is 10.9 Å². The number of amides is 1. The first kappa shape index (κ1) is 18.2. The van der Waals surface area contributed by atoms with Crippen molar-refractivity contribution >= 4 is 16.7 Å². The molecule has 0 unspecified atom stereocenters. The molecule has 1 aromatic heterocycles. The van der Waals surface area contributed by atoms with Gasteiger partial charge in [-0.2, -0.15) is 5.10 Å². The number of carbonyl (C=O) groups excluding carboxylic acids is 1. The zero-order chi connectivity index (χ0) is 18.8. The number of nitrogens with one attached hydrogen (secondary N) is 1. The summed E-state index contributed by atoms with van der Waals surface area (Å²) < 4.78 is 1.33. The van der Waals surface area contributed by atoms with E-state index in [4.69, 9.17) is 0 Å². The molecule has 1 N–H and O–H groups in total. The number of aryl methyl sites for hydroxylation is 1. The molecule has 1 aromatic carbocycles. The minimum absolute atomic E-state index is 0.0146. The summed E-state index contributed by atoms with van der Waals surface area (Å²) in [5.41, 5.74) is 0.530. The van der Waals surface area contributed by atoms with Gasteiger partial charge in [-0.05, 0) is 50.8 Å². The molecule has 6 nitrogen and oxygen atoms in total. The maximum atomic E-state index is 12.6. The second kappa shape index (κ2) is 7.80. The van der Waals surface area contributed by atoms with Gasteiger partial charge in [-0.25, -0.2) is 4.68 Å². The molecule has 6 heteroatoms. The lowest BCUT2D eigenvalue weighted by molar-refractivity contribution is -0.120. The van der Waals surface area contributed by atoms with Crippen molar-refractivity contribution in [3.05, 3.63) is 40.3 Å². The van der Waals surface area contributed by atoms with E-state index in [0.29, 0.717) is 23.0 Å². The number of piperidine rings is 2. The zero-order valence-electron chi connectivity index (χ0n) is 16.0. The van der Waals surface area contributed by atoms with Gasteiger partial charge in [0, 0.05) is 25.0 Å². The van der Waals surface area contributed by atoms with Crippen LogP contribution in [0.3, 0.4) is 0 Å². The number of hydrogen-bond donors (Lipinski definition) is 1. The first-order chi connectivity index (χ1) is 13.1. The Morgan fingerprint density at radius 1 is 1.15 bits per heavy atom. The molecule has 1 amide bonds. The largest absolute Gasteiger partial charge is 0.355 e. The Kier molecular flexibility index (Phi) is 5.25. The molecule has 0 aliphatic carbocycles. The summed E-state index contributed by atoms with van der Waals surface area (Å²) in [6.07, 6.45) is 6.50. The number of nitrogens with zero attached hydrogens (tertiary/aromatic N) is 3. The van der Waals surface area contributed by atoms with Crippen molar-refractivity contribution in [2.24, 2.45) is 13.0 Å². The quantitative estimate of drug-likeness (QED) is 0.894. The highest BCUT2D eigenvalue weighted by Crippen LogP contribution is 2.30. The third-order valence-corrected chi connectivity index (χ3v) is 6.15. The normalized spacial score (nSPS) is 23.1. The van der Waals surface area contributed by atoms with Crippen LogP contribution in [0.5, 0.6) is 0 Å². The Labute approximate surface area is 159 Å². The minimum atomic E-state index is -0.130. The molecule has 2 fully saturated rings. The van der Waals surface area contributed by atoms with Gasteiger partial charge in [0.15, 0.2) is 0 Å². The Morgan fingerprint density at radius 2 is 1.93 bits per heavy atom. The van der Waals surface area contributed by atoms with Crippen LogP contribution in [0.1, 0.15) is 37.8 Å². The van der Waals surface area contributed by atoms with Gasteiger partial charge in [0.1, 0.15) is 0 Å². The smallest absolute Gasteiger partial charge is 0.274 e. The van der Waals surface area contributed by atoms with Gasteiger partial charge in [-0.15, -0.1) is 0 Å². The van der Waals surface area contributed by atoms with Crippen molar-refractivity contribution in [2.45, 2.75) is 44.6 Å². The summed E-state index contributed by atoms with van der Waals surface area (Å²) >= 11 is 0. The predicted molar refractivity (Wildman–Crippen MR) is 106 cm³/mol. The molecule has 2 atom stereocenters. The van der Waals surface area contributed by atoms with E-state index < -0.39 is 0 Å². The molecule has 2 aliphatic heterocycles. The second-order valence-electron chi connectivity index (χ2n) is 7.90. The summed E-state index contributed by atoms with van der Waals surface area (Å²) in [5, 5.41) is 8.86. The second-order valence-corrected chi connectivity index (χ2v) is 7.90. The molecule has 27 heavy (non-hydrogen) atoms. The molecule has 3 heterocycles. The van der Waals surface area contributed by atoms with Crippen molar-refractivity contribution < 1.29 is 4.79 Å². The van der Waals surface area contributed by atoms with Gasteiger partial charge in [-0.3, -0.25) is 9.59 Å². The van der Waals surface area contributed by atoms with Gasteiger partial charge < -0.3 is 10.2 Å². The van der Waals surface area contributed by atoms with E-state index in [1.165, 1.54) is 49.9 Å². The van der Waals surface area contributed by atoms with Crippen molar-refractivity contribution in [3.63, 3.8) is 0 Å². The molecular weight excluding hydrogens is 340 g/mol. The van der Waals surface area contributed by atoms with E-state index in [1.54, 1.807) is 13.1 Å². The van der Waals surface area contributed by atoms with E-state index in [0.717, 1.165) is 11.9 Å². The molecular formula is C21H28N4O2. The maximum absolute atomic E-state index is 12.6. The third kappa shape index (κ3) is 3.76. The topological polar surface area (TPSA) is 67.2 Å². The van der Waals surface area contributed by atoms with Crippen LogP contribution in [-0.4, -0.2) is 46.3 Å². The molecule has 0 saturated carbocycles. The van der Waals surface area contributed by atoms with Gasteiger partial charge in [-0.1, -0.05) is 24.6 Å².